The van der Waals surface area contributed by atoms with Gasteiger partial charge in [0.05, 0.1) is 5.56 Å². The third-order valence-electron chi connectivity index (χ3n) is 5.69. The topological polar surface area (TPSA) is 3.88 Å². The predicted molar refractivity (Wildman–Crippen MR) is 133 cm³/mol. The Morgan fingerprint density at radius 3 is 1.90 bits per heavy atom. The third-order valence-corrected chi connectivity index (χ3v) is 5.69. The third kappa shape index (κ3) is 4.83. The number of pyridine rings is 1. The van der Waals surface area contributed by atoms with E-state index in [0.717, 1.165) is 0 Å². The van der Waals surface area contributed by atoms with Crippen molar-refractivity contribution >= 4 is 12.2 Å². The van der Waals surface area contributed by atoms with Gasteiger partial charge in [-0.1, -0.05) is 106 Å². The van der Waals surface area contributed by atoms with Gasteiger partial charge in [0, 0.05) is 11.6 Å². The van der Waals surface area contributed by atoms with Crippen LogP contribution in [-0.2, 0) is 12.5 Å². The number of hydrogen-bond acceptors (Lipinski definition) is 0. The van der Waals surface area contributed by atoms with E-state index in [-0.39, 0.29) is 5.41 Å². The molecule has 0 aliphatic rings. The van der Waals surface area contributed by atoms with Gasteiger partial charge in [-0.3, -0.25) is 0 Å². The Morgan fingerprint density at radius 1 is 0.677 bits per heavy atom. The Balaban J connectivity index is 1.81. The summed E-state index contributed by atoms with van der Waals surface area (Å²) in [6.45, 7) is 6.76. The Hall–Kier alpha value is -3.45. The van der Waals surface area contributed by atoms with Crippen LogP contribution in [0.2, 0.25) is 0 Å². The highest BCUT2D eigenvalue weighted by Gasteiger charge is 2.18. The minimum absolute atomic E-state index is 0.154. The first-order chi connectivity index (χ1) is 14.9. The second-order valence-corrected chi connectivity index (χ2v) is 9.08. The van der Waals surface area contributed by atoms with E-state index in [1.54, 1.807) is 0 Å². The fourth-order valence-electron chi connectivity index (χ4n) is 3.84. The largest absolute Gasteiger partial charge is 0.212 e. The lowest BCUT2D eigenvalue weighted by Crippen LogP contribution is -2.31. The first-order valence-corrected chi connectivity index (χ1v) is 10.8. The van der Waals surface area contributed by atoms with Gasteiger partial charge in [0.15, 0.2) is 6.20 Å². The van der Waals surface area contributed by atoms with Gasteiger partial charge in [0.25, 0.3) is 0 Å². The Labute approximate surface area is 186 Å². The van der Waals surface area contributed by atoms with E-state index in [1.807, 2.05) is 0 Å². The van der Waals surface area contributed by atoms with Crippen molar-refractivity contribution in [3.63, 3.8) is 0 Å². The maximum absolute atomic E-state index is 2.30. The molecule has 1 nitrogen and oxygen atoms in total. The van der Waals surface area contributed by atoms with E-state index in [1.165, 1.54) is 39.1 Å². The molecule has 0 atom stereocenters. The molecule has 0 aliphatic carbocycles. The Bertz CT molecular complexity index is 1180. The lowest BCUT2D eigenvalue weighted by atomic mass is 9.86. The van der Waals surface area contributed by atoms with Gasteiger partial charge in [0.2, 0.25) is 5.69 Å². The van der Waals surface area contributed by atoms with E-state index in [2.05, 4.69) is 142 Å². The van der Waals surface area contributed by atoms with Crippen molar-refractivity contribution in [3.8, 4) is 22.4 Å². The summed E-state index contributed by atoms with van der Waals surface area (Å²) in [7, 11) is 2.13. The smallest absolute Gasteiger partial charge is 0.200 e. The monoisotopic (exact) mass is 404 g/mol. The summed E-state index contributed by atoms with van der Waals surface area (Å²) in [5.74, 6) is 0. The summed E-state index contributed by atoms with van der Waals surface area (Å²) in [5.41, 5.74) is 8.79. The van der Waals surface area contributed by atoms with Crippen LogP contribution in [0.15, 0.2) is 97.2 Å². The molecule has 0 N–H and O–H groups in total. The minimum atomic E-state index is 0.154. The molecule has 0 aliphatic heterocycles. The summed E-state index contributed by atoms with van der Waals surface area (Å²) >= 11 is 0. The average molecular weight is 405 g/mol. The minimum Gasteiger partial charge on any atom is -0.200 e. The highest BCUT2D eigenvalue weighted by atomic mass is 14.9. The number of hydrogen-bond donors (Lipinski definition) is 0. The lowest BCUT2D eigenvalue weighted by molar-refractivity contribution is -0.659. The van der Waals surface area contributed by atoms with Gasteiger partial charge in [0.1, 0.15) is 7.05 Å². The van der Waals surface area contributed by atoms with Crippen molar-refractivity contribution < 1.29 is 4.57 Å². The summed E-state index contributed by atoms with van der Waals surface area (Å²) < 4.78 is 2.23. The van der Waals surface area contributed by atoms with Crippen molar-refractivity contribution in [2.75, 3.05) is 0 Å². The number of nitrogens with zero attached hydrogens (tertiary/aromatic N) is 1. The zero-order chi connectivity index (χ0) is 21.8. The van der Waals surface area contributed by atoms with Crippen molar-refractivity contribution in [1.29, 1.82) is 0 Å². The van der Waals surface area contributed by atoms with Crippen LogP contribution in [-0.4, -0.2) is 0 Å². The highest BCUT2D eigenvalue weighted by molar-refractivity contribution is 5.81. The summed E-state index contributed by atoms with van der Waals surface area (Å²) in [4.78, 5) is 0. The zero-order valence-electron chi connectivity index (χ0n) is 18.8. The van der Waals surface area contributed by atoms with Gasteiger partial charge in [-0.2, -0.15) is 0 Å². The van der Waals surface area contributed by atoms with Crippen LogP contribution in [0.1, 0.15) is 37.5 Å². The summed E-state index contributed by atoms with van der Waals surface area (Å²) in [5, 5.41) is 0. The van der Waals surface area contributed by atoms with Gasteiger partial charge < -0.3 is 0 Å². The van der Waals surface area contributed by atoms with E-state index in [0.29, 0.717) is 0 Å². The molecule has 31 heavy (non-hydrogen) atoms. The number of rotatable bonds is 4. The van der Waals surface area contributed by atoms with Gasteiger partial charge >= 0.3 is 0 Å². The second-order valence-electron chi connectivity index (χ2n) is 9.08. The quantitative estimate of drug-likeness (QED) is 0.314. The van der Waals surface area contributed by atoms with Crippen molar-refractivity contribution in [2.45, 2.75) is 26.2 Å². The van der Waals surface area contributed by atoms with Crippen LogP contribution in [0, 0.1) is 0 Å². The molecule has 0 bridgehead atoms. The standard InChI is InChI=1S/C30H30N/c1-30(2,3)27-19-17-25(18-20-27)29-21-26(16-15-23-11-7-5-8-12-23)28(22-31(29)4)24-13-9-6-10-14-24/h5-22H,1-4H3/q+1/b16-15+. The molecule has 154 valence electrons. The second kappa shape index (κ2) is 8.73. The van der Waals surface area contributed by atoms with Crippen LogP contribution in [0.3, 0.4) is 0 Å². The van der Waals surface area contributed by atoms with Crippen LogP contribution in [0.5, 0.6) is 0 Å². The molecule has 1 heterocycles. The lowest BCUT2D eigenvalue weighted by Gasteiger charge is -2.19. The summed E-state index contributed by atoms with van der Waals surface area (Å²) in [6.07, 6.45) is 6.66. The maximum atomic E-state index is 2.30. The van der Waals surface area contributed by atoms with Crippen LogP contribution >= 0.6 is 0 Å². The van der Waals surface area contributed by atoms with E-state index >= 15 is 0 Å². The van der Waals surface area contributed by atoms with Crippen LogP contribution in [0.25, 0.3) is 34.5 Å². The summed E-state index contributed by atoms with van der Waals surface area (Å²) in [6, 6.07) is 32.3. The predicted octanol–water partition coefficient (Wildman–Crippen LogP) is 7.31. The molecule has 3 aromatic carbocycles. The average Bonchev–Trinajstić information content (AvgIpc) is 2.79. The number of aryl methyl sites for hydroxylation is 1. The van der Waals surface area contributed by atoms with E-state index in [9.17, 15) is 0 Å². The Kier molecular flexibility index (Phi) is 5.86. The molecule has 4 rings (SSSR count). The molecule has 0 amide bonds. The van der Waals surface area contributed by atoms with Crippen LogP contribution < -0.4 is 4.57 Å². The molecule has 0 saturated carbocycles. The van der Waals surface area contributed by atoms with Gasteiger partial charge in [-0.05, 0) is 39.8 Å². The van der Waals surface area contributed by atoms with Crippen molar-refractivity contribution in [1.82, 2.24) is 0 Å². The maximum Gasteiger partial charge on any atom is 0.212 e. The number of benzene rings is 3. The van der Waals surface area contributed by atoms with Crippen molar-refractivity contribution in [2.24, 2.45) is 7.05 Å². The van der Waals surface area contributed by atoms with Gasteiger partial charge in [-0.15, -0.1) is 0 Å². The van der Waals surface area contributed by atoms with Crippen molar-refractivity contribution in [3.05, 3.63) is 114 Å². The Morgan fingerprint density at radius 2 is 1.29 bits per heavy atom. The molecule has 0 unspecified atom stereocenters. The van der Waals surface area contributed by atoms with E-state index < -0.39 is 0 Å². The fraction of sp³-hybridized carbons (Fsp3) is 0.167. The number of aromatic nitrogens is 1. The molecule has 4 aromatic rings. The zero-order valence-corrected chi connectivity index (χ0v) is 18.8. The van der Waals surface area contributed by atoms with E-state index in [4.69, 9.17) is 0 Å². The highest BCUT2D eigenvalue weighted by Crippen LogP contribution is 2.29. The normalized spacial score (nSPS) is 11.7. The molecular formula is C30H30N+. The molecule has 1 aromatic heterocycles. The molecule has 0 spiro atoms. The first-order valence-electron chi connectivity index (χ1n) is 10.8. The first kappa shape index (κ1) is 20.8. The molecule has 0 radical (unpaired) electrons. The molecule has 0 fully saturated rings. The van der Waals surface area contributed by atoms with Crippen LogP contribution in [0.4, 0.5) is 0 Å². The molecular weight excluding hydrogens is 374 g/mol. The molecule has 1 heteroatoms. The molecule has 0 saturated heterocycles. The fourth-order valence-corrected chi connectivity index (χ4v) is 3.84. The SMILES string of the molecule is C[n+]1cc(-c2ccccc2)c(/C=C/c2ccccc2)cc1-c1ccc(C(C)(C)C)cc1. The van der Waals surface area contributed by atoms with Gasteiger partial charge in [-0.25, -0.2) is 4.57 Å².